The lowest BCUT2D eigenvalue weighted by Crippen LogP contribution is -2.27. The number of halogens is 1. The SMILES string of the molecule is OC1CNCc2cc(Cl)ccc21. The van der Waals surface area contributed by atoms with Crippen LogP contribution in [-0.4, -0.2) is 11.7 Å². The maximum atomic E-state index is 9.55. The first kappa shape index (κ1) is 8.05. The van der Waals surface area contributed by atoms with E-state index < -0.39 is 0 Å². The number of benzene rings is 1. The molecule has 3 heteroatoms. The highest BCUT2D eigenvalue weighted by Crippen LogP contribution is 2.24. The van der Waals surface area contributed by atoms with E-state index in [2.05, 4.69) is 5.32 Å². The van der Waals surface area contributed by atoms with Crippen molar-refractivity contribution in [2.75, 3.05) is 6.54 Å². The van der Waals surface area contributed by atoms with Crippen molar-refractivity contribution in [2.45, 2.75) is 12.6 Å². The van der Waals surface area contributed by atoms with Gasteiger partial charge in [0.1, 0.15) is 0 Å². The van der Waals surface area contributed by atoms with E-state index in [-0.39, 0.29) is 6.10 Å². The zero-order chi connectivity index (χ0) is 8.55. The Morgan fingerprint density at radius 2 is 2.33 bits per heavy atom. The molecule has 1 aliphatic heterocycles. The molecule has 1 aromatic rings. The number of aliphatic hydroxyl groups excluding tert-OH is 1. The summed E-state index contributed by atoms with van der Waals surface area (Å²) in [6.07, 6.45) is -0.383. The Hall–Kier alpha value is -0.570. The predicted molar refractivity (Wildman–Crippen MR) is 48.1 cm³/mol. The minimum Gasteiger partial charge on any atom is -0.387 e. The number of hydrogen-bond acceptors (Lipinski definition) is 2. The molecule has 2 rings (SSSR count). The summed E-state index contributed by atoms with van der Waals surface area (Å²) in [5.74, 6) is 0. The van der Waals surface area contributed by atoms with Gasteiger partial charge in [-0.25, -0.2) is 0 Å². The summed E-state index contributed by atoms with van der Waals surface area (Å²) in [7, 11) is 0. The molecule has 1 aromatic carbocycles. The van der Waals surface area contributed by atoms with Gasteiger partial charge in [0.15, 0.2) is 0 Å². The van der Waals surface area contributed by atoms with Crippen LogP contribution in [0.15, 0.2) is 18.2 Å². The van der Waals surface area contributed by atoms with Gasteiger partial charge in [-0.05, 0) is 23.3 Å². The standard InChI is InChI=1S/C9H10ClNO/c10-7-1-2-8-6(3-7)4-11-5-9(8)12/h1-3,9,11-12H,4-5H2. The maximum Gasteiger partial charge on any atom is 0.0917 e. The van der Waals surface area contributed by atoms with Crippen LogP contribution in [-0.2, 0) is 6.54 Å². The van der Waals surface area contributed by atoms with Crippen LogP contribution in [0.25, 0.3) is 0 Å². The largest absolute Gasteiger partial charge is 0.387 e. The van der Waals surface area contributed by atoms with E-state index in [1.165, 1.54) is 0 Å². The van der Waals surface area contributed by atoms with E-state index in [1.54, 1.807) is 0 Å². The summed E-state index contributed by atoms with van der Waals surface area (Å²) in [5, 5.41) is 13.4. The number of aliphatic hydroxyl groups is 1. The Kier molecular flexibility index (Phi) is 2.05. The van der Waals surface area contributed by atoms with Crippen LogP contribution < -0.4 is 5.32 Å². The fraction of sp³-hybridized carbons (Fsp3) is 0.333. The first-order chi connectivity index (χ1) is 5.77. The topological polar surface area (TPSA) is 32.3 Å². The zero-order valence-electron chi connectivity index (χ0n) is 6.55. The Bertz CT molecular complexity index is 301. The average Bonchev–Trinajstić information content (AvgIpc) is 2.04. The van der Waals surface area contributed by atoms with E-state index in [1.807, 2.05) is 18.2 Å². The number of fused-ring (bicyclic) bond motifs is 1. The molecule has 12 heavy (non-hydrogen) atoms. The van der Waals surface area contributed by atoms with Crippen molar-refractivity contribution in [3.05, 3.63) is 34.3 Å². The van der Waals surface area contributed by atoms with Gasteiger partial charge in [-0.3, -0.25) is 0 Å². The highest BCUT2D eigenvalue weighted by atomic mass is 35.5. The molecule has 1 atom stereocenters. The third kappa shape index (κ3) is 1.33. The molecule has 0 spiro atoms. The van der Waals surface area contributed by atoms with Crippen LogP contribution in [0.3, 0.4) is 0 Å². The summed E-state index contributed by atoms with van der Waals surface area (Å²) < 4.78 is 0. The number of hydrogen-bond donors (Lipinski definition) is 2. The summed E-state index contributed by atoms with van der Waals surface area (Å²) in [6.45, 7) is 1.43. The van der Waals surface area contributed by atoms with Gasteiger partial charge in [-0.1, -0.05) is 17.7 Å². The monoisotopic (exact) mass is 183 g/mol. The minimum atomic E-state index is -0.383. The molecule has 0 aliphatic carbocycles. The van der Waals surface area contributed by atoms with Crippen LogP contribution in [0.4, 0.5) is 0 Å². The van der Waals surface area contributed by atoms with E-state index in [9.17, 15) is 5.11 Å². The normalized spacial score (nSPS) is 22.0. The van der Waals surface area contributed by atoms with Gasteiger partial charge in [-0.15, -0.1) is 0 Å². The molecule has 1 aliphatic rings. The lowest BCUT2D eigenvalue weighted by atomic mass is 9.99. The van der Waals surface area contributed by atoms with Crippen molar-refractivity contribution in [2.24, 2.45) is 0 Å². The Balaban J connectivity index is 2.46. The van der Waals surface area contributed by atoms with E-state index in [0.29, 0.717) is 6.54 Å². The molecule has 0 fully saturated rings. The third-order valence-corrected chi connectivity index (χ3v) is 2.35. The first-order valence-electron chi connectivity index (χ1n) is 3.94. The second-order valence-electron chi connectivity index (χ2n) is 2.99. The van der Waals surface area contributed by atoms with E-state index >= 15 is 0 Å². The average molecular weight is 184 g/mol. The zero-order valence-corrected chi connectivity index (χ0v) is 7.30. The van der Waals surface area contributed by atoms with Crippen LogP contribution in [0.5, 0.6) is 0 Å². The van der Waals surface area contributed by atoms with Crippen LogP contribution in [0.2, 0.25) is 5.02 Å². The fourth-order valence-electron chi connectivity index (χ4n) is 1.51. The van der Waals surface area contributed by atoms with Crippen LogP contribution in [0.1, 0.15) is 17.2 Å². The quantitative estimate of drug-likeness (QED) is 0.639. The molecule has 64 valence electrons. The van der Waals surface area contributed by atoms with Gasteiger partial charge in [-0.2, -0.15) is 0 Å². The van der Waals surface area contributed by atoms with Gasteiger partial charge in [0.05, 0.1) is 6.10 Å². The number of rotatable bonds is 0. The maximum absolute atomic E-state index is 9.55. The summed E-state index contributed by atoms with van der Waals surface area (Å²) in [6, 6.07) is 5.60. The molecule has 1 unspecified atom stereocenters. The third-order valence-electron chi connectivity index (χ3n) is 2.12. The molecule has 0 radical (unpaired) electrons. The smallest absolute Gasteiger partial charge is 0.0917 e. The molecule has 0 saturated carbocycles. The molecule has 2 nitrogen and oxygen atoms in total. The summed E-state index contributed by atoms with van der Waals surface area (Å²) in [4.78, 5) is 0. The van der Waals surface area contributed by atoms with Crippen molar-refractivity contribution in [1.82, 2.24) is 5.32 Å². The van der Waals surface area contributed by atoms with Gasteiger partial charge < -0.3 is 10.4 Å². The Morgan fingerprint density at radius 3 is 3.17 bits per heavy atom. The Morgan fingerprint density at radius 1 is 1.50 bits per heavy atom. The van der Waals surface area contributed by atoms with Crippen LogP contribution in [0, 0.1) is 0 Å². The lowest BCUT2D eigenvalue weighted by molar-refractivity contribution is 0.165. The van der Waals surface area contributed by atoms with Crippen molar-refractivity contribution in [3.8, 4) is 0 Å². The summed E-state index contributed by atoms with van der Waals surface area (Å²) >= 11 is 5.81. The molecule has 0 amide bonds. The van der Waals surface area contributed by atoms with Crippen molar-refractivity contribution >= 4 is 11.6 Å². The lowest BCUT2D eigenvalue weighted by Gasteiger charge is -2.22. The van der Waals surface area contributed by atoms with Crippen molar-refractivity contribution in [1.29, 1.82) is 0 Å². The highest BCUT2D eigenvalue weighted by Gasteiger charge is 2.16. The predicted octanol–water partition coefficient (Wildman–Crippen LogP) is 1.48. The second-order valence-corrected chi connectivity index (χ2v) is 3.43. The molecular formula is C9H10ClNO. The van der Waals surface area contributed by atoms with Crippen molar-refractivity contribution in [3.63, 3.8) is 0 Å². The van der Waals surface area contributed by atoms with E-state index in [4.69, 9.17) is 11.6 Å². The highest BCUT2D eigenvalue weighted by molar-refractivity contribution is 6.30. The molecule has 0 bridgehead atoms. The second kappa shape index (κ2) is 3.05. The fourth-order valence-corrected chi connectivity index (χ4v) is 1.70. The van der Waals surface area contributed by atoms with Gasteiger partial charge in [0.25, 0.3) is 0 Å². The molecule has 2 N–H and O–H groups in total. The molecular weight excluding hydrogens is 174 g/mol. The van der Waals surface area contributed by atoms with Crippen LogP contribution >= 0.6 is 11.6 Å². The minimum absolute atomic E-state index is 0.383. The van der Waals surface area contributed by atoms with Gasteiger partial charge in [0.2, 0.25) is 0 Å². The molecule has 0 aromatic heterocycles. The van der Waals surface area contributed by atoms with Gasteiger partial charge in [0, 0.05) is 18.1 Å². The first-order valence-corrected chi connectivity index (χ1v) is 4.32. The molecule has 1 heterocycles. The van der Waals surface area contributed by atoms with E-state index in [0.717, 1.165) is 22.7 Å². The number of β-amino-alcohol motifs (C(OH)–C–C–N with tert-alkyl or cyclic N) is 1. The summed E-state index contributed by atoms with van der Waals surface area (Å²) in [5.41, 5.74) is 2.10. The Labute approximate surface area is 76.2 Å². The molecule has 0 saturated heterocycles. The van der Waals surface area contributed by atoms with Crippen molar-refractivity contribution < 1.29 is 5.11 Å². The van der Waals surface area contributed by atoms with Gasteiger partial charge >= 0.3 is 0 Å². The number of nitrogens with one attached hydrogen (secondary N) is 1.